The number of anilines is 4. The maximum absolute atomic E-state index is 13.2. The molecule has 6 aromatic rings. The van der Waals surface area contributed by atoms with Gasteiger partial charge in [0, 0.05) is 33.4 Å². The molecule has 2 aromatic carbocycles. The van der Waals surface area contributed by atoms with Crippen LogP contribution in [0.5, 0.6) is 0 Å². The summed E-state index contributed by atoms with van der Waals surface area (Å²) in [5, 5.41) is 18.1. The summed E-state index contributed by atoms with van der Waals surface area (Å²) in [5.41, 5.74) is 10.4. The van der Waals surface area contributed by atoms with E-state index in [9.17, 15) is 4.79 Å². The molecule has 11 heteroatoms. The highest BCUT2D eigenvalue weighted by atomic mass is 35.5. The Balaban J connectivity index is 0.00000253. The van der Waals surface area contributed by atoms with Gasteiger partial charge in [-0.3, -0.25) is 9.89 Å². The maximum Gasteiger partial charge on any atom is 0.258 e. The molecule has 0 radical (unpaired) electrons. The first-order valence-corrected chi connectivity index (χ1v) is 11.3. The summed E-state index contributed by atoms with van der Waals surface area (Å²) in [4.78, 5) is 26.0. The van der Waals surface area contributed by atoms with E-state index in [-0.39, 0.29) is 18.3 Å². The van der Waals surface area contributed by atoms with Crippen LogP contribution in [0.1, 0.15) is 15.9 Å². The topological polar surface area (TPSA) is 134 Å². The van der Waals surface area contributed by atoms with Crippen LogP contribution in [0.15, 0.2) is 60.5 Å². The number of nitrogen functional groups attached to an aromatic ring is 1. The Bertz CT molecular complexity index is 1730. The highest BCUT2D eigenvalue weighted by Crippen LogP contribution is 2.34. The van der Waals surface area contributed by atoms with Crippen molar-refractivity contribution in [2.75, 3.05) is 16.4 Å². The van der Waals surface area contributed by atoms with Crippen LogP contribution in [-0.4, -0.2) is 31.1 Å². The molecule has 9 nitrogen and oxygen atoms in total. The monoisotopic (exact) mass is 502 g/mol. The van der Waals surface area contributed by atoms with Gasteiger partial charge in [0.1, 0.15) is 18.0 Å². The van der Waals surface area contributed by atoms with Crippen molar-refractivity contribution in [1.29, 1.82) is 0 Å². The highest BCUT2D eigenvalue weighted by Gasteiger charge is 2.18. The molecule has 0 aliphatic carbocycles. The standard InChI is InChI=1S/C24H18N8OS.ClH/c1-12-2-5-16-15(6-7-26-23(16)30-14-4-3-13-9-29-32-18(13)8-14)19(12)31-24(33)17-10-34-21-20(17)27-11-28-22(21)25;/h2-11H,1H3,(H,26,30)(H,29,32)(H,31,33)(H2,25,27,28);1H. The number of H-pyrrole nitrogens is 1. The molecule has 6 rings (SSSR count). The van der Waals surface area contributed by atoms with Crippen molar-refractivity contribution in [2.45, 2.75) is 6.92 Å². The van der Waals surface area contributed by atoms with Gasteiger partial charge in [0.15, 0.2) is 0 Å². The number of aromatic nitrogens is 5. The number of fused-ring (bicyclic) bond motifs is 3. The van der Waals surface area contributed by atoms with E-state index in [0.29, 0.717) is 27.4 Å². The molecular weight excluding hydrogens is 484 g/mol. The molecule has 0 saturated heterocycles. The Morgan fingerprint density at radius 3 is 2.86 bits per heavy atom. The number of halogens is 1. The molecule has 4 heterocycles. The van der Waals surface area contributed by atoms with Gasteiger partial charge in [-0.2, -0.15) is 5.10 Å². The number of pyridine rings is 1. The lowest BCUT2D eigenvalue weighted by atomic mass is 10.0. The van der Waals surface area contributed by atoms with Gasteiger partial charge >= 0.3 is 0 Å². The van der Waals surface area contributed by atoms with Crippen molar-refractivity contribution in [1.82, 2.24) is 25.1 Å². The number of nitrogens with zero attached hydrogens (tertiary/aromatic N) is 4. The Labute approximate surface area is 209 Å². The number of rotatable bonds is 4. The Morgan fingerprint density at radius 1 is 1.09 bits per heavy atom. The van der Waals surface area contributed by atoms with Crippen molar-refractivity contribution in [3.8, 4) is 0 Å². The summed E-state index contributed by atoms with van der Waals surface area (Å²) in [7, 11) is 0. The number of aryl methyl sites for hydroxylation is 1. The number of carbonyl (C=O) groups is 1. The van der Waals surface area contributed by atoms with Crippen LogP contribution < -0.4 is 16.4 Å². The quantitative estimate of drug-likeness (QED) is 0.252. The van der Waals surface area contributed by atoms with Crippen molar-refractivity contribution in [2.24, 2.45) is 0 Å². The van der Waals surface area contributed by atoms with Crippen LogP contribution >= 0.6 is 23.7 Å². The first kappa shape index (κ1) is 22.5. The first-order valence-electron chi connectivity index (χ1n) is 10.5. The molecular formula is C24H19ClN8OS. The fourth-order valence-corrected chi connectivity index (χ4v) is 4.89. The minimum absolute atomic E-state index is 0. The van der Waals surface area contributed by atoms with Gasteiger partial charge in [0.25, 0.3) is 5.91 Å². The minimum atomic E-state index is -0.254. The number of carbonyl (C=O) groups excluding carboxylic acids is 1. The third-order valence-electron chi connectivity index (χ3n) is 5.72. The van der Waals surface area contributed by atoms with Gasteiger partial charge in [0.05, 0.1) is 33.2 Å². The maximum atomic E-state index is 13.2. The summed E-state index contributed by atoms with van der Waals surface area (Å²) in [6.07, 6.45) is 4.88. The summed E-state index contributed by atoms with van der Waals surface area (Å²) in [6, 6.07) is 11.8. The zero-order chi connectivity index (χ0) is 23.2. The molecule has 174 valence electrons. The number of aromatic amines is 1. The third-order valence-corrected chi connectivity index (χ3v) is 6.71. The van der Waals surface area contributed by atoms with Crippen molar-refractivity contribution < 1.29 is 4.79 Å². The number of amides is 1. The van der Waals surface area contributed by atoms with Gasteiger partial charge in [-0.25, -0.2) is 15.0 Å². The molecule has 0 saturated carbocycles. The van der Waals surface area contributed by atoms with E-state index in [0.717, 1.165) is 38.6 Å². The molecule has 0 fully saturated rings. The molecule has 35 heavy (non-hydrogen) atoms. The zero-order valence-corrected chi connectivity index (χ0v) is 20.0. The molecule has 5 N–H and O–H groups in total. The minimum Gasteiger partial charge on any atom is -0.382 e. The predicted octanol–water partition coefficient (Wildman–Crippen LogP) is 5.42. The van der Waals surface area contributed by atoms with E-state index in [1.807, 2.05) is 43.3 Å². The normalized spacial score (nSPS) is 11.0. The second-order valence-corrected chi connectivity index (χ2v) is 8.73. The first-order chi connectivity index (χ1) is 16.6. The number of hydrogen-bond donors (Lipinski definition) is 4. The van der Waals surface area contributed by atoms with Crippen LogP contribution in [0.2, 0.25) is 0 Å². The fraction of sp³-hybridized carbons (Fsp3) is 0.0417. The lowest BCUT2D eigenvalue weighted by Crippen LogP contribution is -2.13. The van der Waals surface area contributed by atoms with Crippen LogP contribution in [0, 0.1) is 6.92 Å². The van der Waals surface area contributed by atoms with E-state index in [1.54, 1.807) is 17.8 Å². The number of benzene rings is 2. The number of hydrogen-bond acceptors (Lipinski definition) is 8. The fourth-order valence-electron chi connectivity index (χ4n) is 3.99. The molecule has 1 amide bonds. The van der Waals surface area contributed by atoms with E-state index >= 15 is 0 Å². The lowest BCUT2D eigenvalue weighted by Gasteiger charge is -2.14. The van der Waals surface area contributed by atoms with Gasteiger partial charge in [-0.15, -0.1) is 23.7 Å². The van der Waals surface area contributed by atoms with Gasteiger partial charge in [-0.05, 0) is 36.8 Å². The molecule has 4 aromatic heterocycles. The summed E-state index contributed by atoms with van der Waals surface area (Å²) in [6.45, 7) is 1.96. The number of nitrogens with one attached hydrogen (secondary N) is 3. The average molecular weight is 503 g/mol. The number of thiophene rings is 1. The average Bonchev–Trinajstić information content (AvgIpc) is 3.48. The predicted molar refractivity (Wildman–Crippen MR) is 143 cm³/mol. The molecule has 0 atom stereocenters. The SMILES string of the molecule is Cc1ccc2c(Nc3ccc4cn[nH]c4c3)nccc2c1NC(=O)c1csc2c(N)ncnc12.Cl. The van der Waals surface area contributed by atoms with E-state index in [4.69, 9.17) is 5.73 Å². The molecule has 0 spiro atoms. The van der Waals surface area contributed by atoms with Crippen LogP contribution in [-0.2, 0) is 0 Å². The summed E-state index contributed by atoms with van der Waals surface area (Å²) < 4.78 is 0.701. The van der Waals surface area contributed by atoms with Crippen LogP contribution in [0.4, 0.5) is 23.0 Å². The molecule has 0 bridgehead atoms. The van der Waals surface area contributed by atoms with E-state index in [2.05, 4.69) is 35.8 Å². The second kappa shape index (κ2) is 8.82. The lowest BCUT2D eigenvalue weighted by molar-refractivity contribution is 0.102. The summed E-state index contributed by atoms with van der Waals surface area (Å²) >= 11 is 1.35. The molecule has 0 aliphatic rings. The summed E-state index contributed by atoms with van der Waals surface area (Å²) in [5.74, 6) is 0.801. The highest BCUT2D eigenvalue weighted by molar-refractivity contribution is 7.18. The number of nitrogens with two attached hydrogens (primary N) is 1. The third kappa shape index (κ3) is 3.88. The Kier molecular flexibility index (Phi) is 5.67. The van der Waals surface area contributed by atoms with Gasteiger partial charge in [0.2, 0.25) is 0 Å². The smallest absolute Gasteiger partial charge is 0.258 e. The van der Waals surface area contributed by atoms with Crippen LogP contribution in [0.25, 0.3) is 31.9 Å². The van der Waals surface area contributed by atoms with Crippen molar-refractivity contribution >= 4 is 84.6 Å². The van der Waals surface area contributed by atoms with Gasteiger partial charge in [-0.1, -0.05) is 12.1 Å². The Hall–Kier alpha value is -4.28. The Morgan fingerprint density at radius 2 is 1.97 bits per heavy atom. The van der Waals surface area contributed by atoms with E-state index in [1.165, 1.54) is 17.7 Å². The molecule has 0 aliphatic heterocycles. The second-order valence-electron chi connectivity index (χ2n) is 7.85. The van der Waals surface area contributed by atoms with Crippen LogP contribution in [0.3, 0.4) is 0 Å². The molecule has 0 unspecified atom stereocenters. The largest absolute Gasteiger partial charge is 0.382 e. The van der Waals surface area contributed by atoms with Crippen molar-refractivity contribution in [3.05, 3.63) is 71.6 Å². The van der Waals surface area contributed by atoms with Crippen molar-refractivity contribution in [3.63, 3.8) is 0 Å². The van der Waals surface area contributed by atoms with E-state index < -0.39 is 0 Å². The zero-order valence-electron chi connectivity index (χ0n) is 18.4. The van der Waals surface area contributed by atoms with Gasteiger partial charge < -0.3 is 16.4 Å².